The molecule has 574 valence electrons. The third kappa shape index (κ3) is 46.1. The van der Waals surface area contributed by atoms with Gasteiger partial charge in [-0.25, -0.2) is 0 Å². The summed E-state index contributed by atoms with van der Waals surface area (Å²) in [5.74, 6) is -2.01. The van der Waals surface area contributed by atoms with Crippen molar-refractivity contribution < 1.29 is 107 Å². The molecule has 2 rings (SSSR count). The number of rotatable bonds is 65. The minimum Gasteiger partial charge on any atom is -0.466 e. The van der Waals surface area contributed by atoms with Gasteiger partial charge < -0.3 is 78.0 Å². The van der Waals surface area contributed by atoms with E-state index >= 15 is 0 Å². The van der Waals surface area contributed by atoms with Crippen LogP contribution in [0, 0.1) is 0 Å². The van der Waals surface area contributed by atoms with Gasteiger partial charge in [0.15, 0.2) is 12.6 Å². The Morgan fingerprint density at radius 1 is 0.276 bits per heavy atom. The van der Waals surface area contributed by atoms with E-state index in [0.717, 1.165) is 257 Å². The first-order chi connectivity index (χ1) is 47.5. The van der Waals surface area contributed by atoms with Crippen LogP contribution in [-0.4, -0.2) is 180 Å². The Labute approximate surface area is 589 Å². The molecule has 0 aromatic rings. The van der Waals surface area contributed by atoms with Gasteiger partial charge in [0.1, 0.15) is 74.3 Å². The summed E-state index contributed by atoms with van der Waals surface area (Å²) in [6.45, 7) is 9.23. The van der Waals surface area contributed by atoms with Crippen molar-refractivity contribution in [2.75, 3.05) is 39.6 Å². The van der Waals surface area contributed by atoms with Crippen LogP contribution in [0.2, 0.25) is 0 Å². The number of aliphatic hydroxyl groups excluding tert-OH is 6. The van der Waals surface area contributed by atoms with Crippen molar-refractivity contribution in [3.05, 3.63) is 0 Å². The average molecular weight is 1400 g/mol. The molecule has 22 heteroatoms. The Balaban J connectivity index is 1.40. The van der Waals surface area contributed by atoms with Gasteiger partial charge >= 0.3 is 35.8 Å². The highest BCUT2D eigenvalue weighted by Crippen LogP contribution is 2.26. The Kier molecular flexibility index (Phi) is 56.3. The van der Waals surface area contributed by atoms with E-state index < -0.39 is 73.4 Å². The predicted molar refractivity (Wildman–Crippen MR) is 373 cm³/mol. The molecule has 98 heavy (non-hydrogen) atoms. The lowest BCUT2D eigenvalue weighted by atomic mass is 9.99. The molecule has 0 radical (unpaired) electrons. The number of hydrogen-bond acceptors (Lipinski definition) is 22. The second-order valence-corrected chi connectivity index (χ2v) is 27.5. The van der Waals surface area contributed by atoms with Gasteiger partial charge in [-0.15, -0.1) is 0 Å². The summed E-state index contributed by atoms with van der Waals surface area (Å²) in [5.41, 5.74) is 0. The fourth-order valence-corrected chi connectivity index (χ4v) is 12.1. The summed E-state index contributed by atoms with van der Waals surface area (Å²) in [4.78, 5) is 75.2. The van der Waals surface area contributed by atoms with Crippen LogP contribution in [0.15, 0.2) is 0 Å². The molecular formula is C76H138O22. The molecular weight excluding hydrogens is 1260 g/mol. The van der Waals surface area contributed by atoms with E-state index in [4.69, 9.17) is 47.4 Å². The molecule has 0 saturated carbocycles. The van der Waals surface area contributed by atoms with Crippen LogP contribution in [0.3, 0.4) is 0 Å². The van der Waals surface area contributed by atoms with Gasteiger partial charge in [0.05, 0.1) is 13.2 Å². The lowest BCUT2D eigenvalue weighted by Gasteiger charge is -2.39. The Morgan fingerprint density at radius 3 is 0.867 bits per heavy atom. The van der Waals surface area contributed by atoms with Crippen molar-refractivity contribution in [1.29, 1.82) is 0 Å². The van der Waals surface area contributed by atoms with Crippen LogP contribution < -0.4 is 0 Å². The van der Waals surface area contributed by atoms with Crippen LogP contribution in [0.25, 0.3) is 0 Å². The summed E-state index contributed by atoms with van der Waals surface area (Å²) in [7, 11) is 0. The van der Waals surface area contributed by atoms with E-state index in [-0.39, 0.29) is 87.8 Å². The molecule has 2 aliphatic heterocycles. The quantitative estimate of drug-likeness (QED) is 0.0187. The minimum absolute atomic E-state index is 0.0172. The number of carbonyl (C=O) groups excluding carboxylic acids is 6. The maximum absolute atomic E-state index is 12.8. The molecule has 0 aliphatic carbocycles. The van der Waals surface area contributed by atoms with Crippen molar-refractivity contribution in [2.45, 2.75) is 410 Å². The van der Waals surface area contributed by atoms with Gasteiger partial charge in [-0.1, -0.05) is 195 Å². The Bertz CT molecular complexity index is 1840. The van der Waals surface area contributed by atoms with Crippen LogP contribution in [0.5, 0.6) is 0 Å². The molecule has 0 spiro atoms. The fraction of sp³-hybridized carbons (Fsp3) is 0.921. The van der Waals surface area contributed by atoms with Gasteiger partial charge in [-0.05, 0) is 103 Å². The van der Waals surface area contributed by atoms with E-state index in [9.17, 15) is 59.4 Å². The first kappa shape index (κ1) is 90.5. The molecule has 0 aromatic carbocycles. The van der Waals surface area contributed by atoms with Crippen molar-refractivity contribution in [2.24, 2.45) is 0 Å². The number of esters is 6. The van der Waals surface area contributed by atoms with Crippen LogP contribution >= 0.6 is 0 Å². The van der Waals surface area contributed by atoms with Gasteiger partial charge in [0.2, 0.25) is 0 Å². The number of carbonyl (C=O) groups is 6. The molecule has 22 nitrogen and oxygen atoms in total. The molecule has 0 amide bonds. The van der Waals surface area contributed by atoms with Crippen molar-refractivity contribution in [1.82, 2.24) is 0 Å². The SMILES string of the molecule is CCCCCC[C@H](CCCCCCCCCCC(=O)OCCCCCCCCCCOC(=O)CCCCCCCCCC[C@@H](CCCCCC)OC(=O)CCCC(=O)OCC1O[C@@H](OCCCC)[C@@H](O)C(O)[C@H]1O)OC(=O)CCCC(=O)OCC1O[C@@H](OCCCC)[C@@H](O)C(O)[C@@H]1O. The zero-order chi connectivity index (χ0) is 71.6. The van der Waals surface area contributed by atoms with Gasteiger partial charge in [0.25, 0.3) is 0 Å². The number of hydrogen-bond donors (Lipinski definition) is 6. The minimum atomic E-state index is -1.51. The first-order valence-corrected chi connectivity index (χ1v) is 39.2. The highest BCUT2D eigenvalue weighted by molar-refractivity contribution is 5.73. The van der Waals surface area contributed by atoms with E-state index in [1.165, 1.54) is 0 Å². The molecule has 2 heterocycles. The molecule has 12 atom stereocenters. The topological polar surface area (TPSA) is 316 Å². The zero-order valence-electron chi connectivity index (χ0n) is 61.3. The summed E-state index contributed by atoms with van der Waals surface area (Å²) >= 11 is 0. The number of aliphatic hydroxyl groups is 6. The highest BCUT2D eigenvalue weighted by Gasteiger charge is 2.46. The summed E-state index contributed by atoms with van der Waals surface area (Å²) in [6, 6.07) is 0. The second-order valence-electron chi connectivity index (χ2n) is 27.5. The van der Waals surface area contributed by atoms with Gasteiger partial charge in [-0.3, -0.25) is 28.8 Å². The number of unbranched alkanes of at least 4 members (excludes halogenated alkanes) is 29. The molecule has 6 N–H and O–H groups in total. The Morgan fingerprint density at radius 2 is 0.541 bits per heavy atom. The van der Waals surface area contributed by atoms with Crippen molar-refractivity contribution in [3.63, 3.8) is 0 Å². The summed E-state index contributed by atoms with van der Waals surface area (Å²) in [5, 5.41) is 61.7. The molecule has 0 bridgehead atoms. The fourth-order valence-electron chi connectivity index (χ4n) is 12.1. The van der Waals surface area contributed by atoms with Crippen LogP contribution in [0.4, 0.5) is 0 Å². The molecule has 2 aliphatic rings. The predicted octanol–water partition coefficient (Wildman–Crippen LogP) is 13.4. The molecule has 2 saturated heterocycles. The van der Waals surface area contributed by atoms with Crippen molar-refractivity contribution in [3.8, 4) is 0 Å². The van der Waals surface area contributed by atoms with E-state index in [2.05, 4.69) is 13.8 Å². The maximum atomic E-state index is 12.8. The first-order valence-electron chi connectivity index (χ1n) is 39.2. The molecule has 4 unspecified atom stereocenters. The Hall–Kier alpha value is -3.58. The highest BCUT2D eigenvalue weighted by atomic mass is 16.7. The normalized spacial score (nSPS) is 21.5. The third-order valence-electron chi connectivity index (χ3n) is 18.5. The van der Waals surface area contributed by atoms with Crippen LogP contribution in [-0.2, 0) is 76.1 Å². The van der Waals surface area contributed by atoms with Gasteiger partial charge in [0, 0.05) is 51.7 Å². The number of ether oxygens (including phenoxy) is 10. The van der Waals surface area contributed by atoms with E-state index in [1.807, 2.05) is 13.8 Å². The third-order valence-corrected chi connectivity index (χ3v) is 18.5. The van der Waals surface area contributed by atoms with Gasteiger partial charge in [-0.2, -0.15) is 0 Å². The maximum Gasteiger partial charge on any atom is 0.306 e. The lowest BCUT2D eigenvalue weighted by molar-refractivity contribution is -0.301. The second kappa shape index (κ2) is 60.9. The summed E-state index contributed by atoms with van der Waals surface area (Å²) in [6.07, 6.45) is 28.3. The average Bonchev–Trinajstić information content (AvgIpc) is 0.827. The summed E-state index contributed by atoms with van der Waals surface area (Å²) < 4.78 is 55.6. The molecule has 0 aromatic heterocycles. The lowest BCUT2D eigenvalue weighted by Crippen LogP contribution is -2.59. The van der Waals surface area contributed by atoms with Crippen LogP contribution in [0.1, 0.15) is 336 Å². The molecule has 2 fully saturated rings. The monoisotopic (exact) mass is 1400 g/mol. The zero-order valence-corrected chi connectivity index (χ0v) is 61.3. The largest absolute Gasteiger partial charge is 0.466 e. The van der Waals surface area contributed by atoms with E-state index in [1.54, 1.807) is 0 Å². The smallest absolute Gasteiger partial charge is 0.306 e. The standard InChI is InChI=1S/C76H138O22/c1-5-9-13-33-43-59(95-67(81)51-41-49-65(79)93-57-61-69(83)71(85)73(87)75(97-61)91-53-11-7-3)45-35-27-21-15-17-23-29-37-47-63(77)89-55-39-31-25-19-20-26-32-40-56-90-64(78)48-38-30-24-18-16-22-28-36-46-60(44-34-14-10-6-2)96-68(82)52-42-50-66(80)94-58-62-70(84)72(86)74(88)76(98-62)92-54-12-8-4/h59-62,69-76,83-88H,5-58H2,1-4H3/t59-,60-,61?,62?,69-,70+,71?,72?,73+,74+,75-,76-/m1/s1. The van der Waals surface area contributed by atoms with E-state index in [0.29, 0.717) is 39.3 Å². The van der Waals surface area contributed by atoms with Crippen molar-refractivity contribution >= 4 is 35.8 Å².